The number of hydrogen-bond donors (Lipinski definition) is 2. The Hall–Kier alpha value is -2.57. The predicted molar refractivity (Wildman–Crippen MR) is 119 cm³/mol. The van der Waals surface area contributed by atoms with Crippen LogP contribution in [0.4, 0.5) is 5.82 Å². The van der Waals surface area contributed by atoms with Crippen molar-refractivity contribution in [2.24, 2.45) is 0 Å². The molecule has 30 heavy (non-hydrogen) atoms. The molecule has 2 N–H and O–H groups in total. The first kappa shape index (κ1) is 20.7. The summed E-state index contributed by atoms with van der Waals surface area (Å²) in [6.07, 6.45) is 5.25. The average molecular weight is 441 g/mol. The lowest BCUT2D eigenvalue weighted by Crippen LogP contribution is -2.19. The maximum atomic E-state index is 12.7. The molecule has 0 bridgehead atoms. The zero-order valence-electron chi connectivity index (χ0n) is 17.1. The van der Waals surface area contributed by atoms with Crippen LogP contribution in [0, 0.1) is 25.2 Å². The van der Waals surface area contributed by atoms with Crippen molar-refractivity contribution in [2.75, 3.05) is 11.1 Å². The van der Waals surface area contributed by atoms with E-state index in [1.54, 1.807) is 11.3 Å². The van der Waals surface area contributed by atoms with E-state index in [1.165, 1.54) is 29.5 Å². The van der Waals surface area contributed by atoms with Gasteiger partial charge in [-0.25, -0.2) is 4.98 Å². The van der Waals surface area contributed by atoms with Gasteiger partial charge in [0.1, 0.15) is 17.7 Å². The number of aromatic nitrogens is 4. The molecule has 1 saturated carbocycles. The molecule has 0 atom stereocenters. The Labute approximate surface area is 183 Å². The van der Waals surface area contributed by atoms with Crippen molar-refractivity contribution in [1.82, 2.24) is 19.7 Å². The Balaban J connectivity index is 1.42. The fourth-order valence-corrected chi connectivity index (χ4v) is 5.33. The van der Waals surface area contributed by atoms with Gasteiger partial charge in [-0.15, -0.1) is 16.4 Å². The number of nitrogens with zero attached hydrogens (tertiary/aromatic N) is 4. The first-order chi connectivity index (χ1) is 14.6. The maximum absolute atomic E-state index is 12.7. The number of thioether (sulfide) groups is 1. The van der Waals surface area contributed by atoms with Gasteiger partial charge in [-0.3, -0.25) is 9.89 Å². The maximum Gasteiger partial charge on any atom is 0.235 e. The second kappa shape index (κ2) is 9.06. The lowest BCUT2D eigenvalue weighted by molar-refractivity contribution is -0.113. The molecule has 0 spiro atoms. The van der Waals surface area contributed by atoms with E-state index in [9.17, 15) is 10.1 Å². The molecule has 0 saturated heterocycles. The molecule has 156 valence electrons. The van der Waals surface area contributed by atoms with Crippen LogP contribution in [0.2, 0.25) is 0 Å². The highest BCUT2D eigenvalue weighted by molar-refractivity contribution is 7.99. The van der Waals surface area contributed by atoms with Crippen LogP contribution in [-0.2, 0) is 11.2 Å². The van der Waals surface area contributed by atoms with Gasteiger partial charge >= 0.3 is 0 Å². The summed E-state index contributed by atoms with van der Waals surface area (Å²) >= 11 is 2.97. The van der Waals surface area contributed by atoms with Crippen molar-refractivity contribution in [3.05, 3.63) is 45.0 Å². The first-order valence-corrected chi connectivity index (χ1v) is 11.9. The van der Waals surface area contributed by atoms with Crippen LogP contribution in [0.15, 0.2) is 22.7 Å². The molecule has 1 amide bonds. The summed E-state index contributed by atoms with van der Waals surface area (Å²) in [5.74, 6) is 1.46. The number of carbonyl (C=O) groups is 1. The Morgan fingerprint density at radius 2 is 2.23 bits per heavy atom. The zero-order valence-corrected chi connectivity index (χ0v) is 18.7. The van der Waals surface area contributed by atoms with Crippen molar-refractivity contribution in [1.29, 1.82) is 5.26 Å². The zero-order chi connectivity index (χ0) is 21.1. The van der Waals surface area contributed by atoms with Crippen LogP contribution in [0.1, 0.15) is 59.2 Å². The quantitative estimate of drug-likeness (QED) is 0.523. The summed E-state index contributed by atoms with van der Waals surface area (Å²) in [4.78, 5) is 18.4. The monoisotopic (exact) mass is 440 g/mol. The Morgan fingerprint density at radius 3 is 2.93 bits per heavy atom. The Bertz CT molecular complexity index is 1070. The van der Waals surface area contributed by atoms with Gasteiger partial charge in [0.2, 0.25) is 11.1 Å². The molecule has 7 nitrogen and oxygen atoms in total. The van der Waals surface area contributed by atoms with Crippen LogP contribution in [0.5, 0.6) is 0 Å². The number of H-pyrrole nitrogens is 1. The molecule has 3 aromatic rings. The van der Waals surface area contributed by atoms with E-state index in [0.29, 0.717) is 29.0 Å². The van der Waals surface area contributed by atoms with Crippen molar-refractivity contribution in [3.8, 4) is 6.07 Å². The molecule has 3 aromatic heterocycles. The number of nitriles is 1. The topological polar surface area (TPSA) is 99.4 Å². The normalized spacial score (nSPS) is 14.2. The van der Waals surface area contributed by atoms with Gasteiger partial charge in [0.15, 0.2) is 0 Å². The van der Waals surface area contributed by atoms with Gasteiger partial charge in [-0.1, -0.05) is 30.7 Å². The number of amides is 1. The third-order valence-electron chi connectivity index (χ3n) is 5.58. The van der Waals surface area contributed by atoms with E-state index in [4.69, 9.17) is 0 Å². The van der Waals surface area contributed by atoms with Crippen LogP contribution in [0.25, 0.3) is 0 Å². The summed E-state index contributed by atoms with van der Waals surface area (Å²) in [6, 6.07) is 6.70. The van der Waals surface area contributed by atoms with E-state index in [0.717, 1.165) is 29.9 Å². The van der Waals surface area contributed by atoms with Crippen molar-refractivity contribution in [2.45, 2.75) is 57.1 Å². The third-order valence-corrected chi connectivity index (χ3v) is 7.31. The largest absolute Gasteiger partial charge is 0.327 e. The SMILES string of the molecule is Cc1c(C#N)c(NC(=O)CSc2n[nH]c(Cc3cccs3)n2)n(C2CCCC2)c1C. The summed E-state index contributed by atoms with van der Waals surface area (Å²) in [6.45, 7) is 3.98. The van der Waals surface area contributed by atoms with Gasteiger partial charge in [0.05, 0.1) is 11.3 Å². The van der Waals surface area contributed by atoms with E-state index in [-0.39, 0.29) is 11.7 Å². The number of rotatable bonds is 7. The van der Waals surface area contributed by atoms with Crippen molar-refractivity contribution >= 4 is 34.8 Å². The van der Waals surface area contributed by atoms with E-state index < -0.39 is 0 Å². The molecule has 9 heteroatoms. The second-order valence-electron chi connectivity index (χ2n) is 7.51. The van der Waals surface area contributed by atoms with Gasteiger partial charge in [0.25, 0.3) is 0 Å². The fraction of sp³-hybridized carbons (Fsp3) is 0.429. The van der Waals surface area contributed by atoms with Crippen LogP contribution in [0.3, 0.4) is 0 Å². The van der Waals surface area contributed by atoms with Gasteiger partial charge in [-0.05, 0) is 43.7 Å². The highest BCUT2D eigenvalue weighted by atomic mass is 32.2. The molecular formula is C21H24N6OS2. The number of aromatic amines is 1. The van der Waals surface area contributed by atoms with Crippen LogP contribution in [-0.4, -0.2) is 31.4 Å². The summed E-state index contributed by atoms with van der Waals surface area (Å²) in [7, 11) is 0. The lowest BCUT2D eigenvalue weighted by Gasteiger charge is -2.19. The predicted octanol–water partition coefficient (Wildman–Crippen LogP) is 4.59. The Morgan fingerprint density at radius 1 is 1.43 bits per heavy atom. The summed E-state index contributed by atoms with van der Waals surface area (Å²) in [5.41, 5.74) is 2.57. The average Bonchev–Trinajstić information content (AvgIpc) is 3.52. The number of anilines is 1. The third kappa shape index (κ3) is 4.30. The molecule has 1 fully saturated rings. The molecule has 1 aliphatic rings. The van der Waals surface area contributed by atoms with Gasteiger partial charge < -0.3 is 9.88 Å². The molecule has 0 radical (unpaired) electrons. The molecule has 0 aromatic carbocycles. The van der Waals surface area contributed by atoms with E-state index in [2.05, 4.69) is 37.2 Å². The van der Waals surface area contributed by atoms with Crippen LogP contribution >= 0.6 is 23.1 Å². The Kier molecular flexibility index (Phi) is 6.25. The standard InChI is InChI=1S/C21H24N6OS2/c1-13-14(2)27(15-6-3-4-7-15)20(17(13)11-22)24-19(28)12-30-21-23-18(25-26-21)10-16-8-5-9-29-16/h5,8-9,15H,3-4,6-7,10,12H2,1-2H3,(H,24,28)(H,23,25,26). The van der Waals surface area contributed by atoms with E-state index in [1.807, 2.05) is 25.3 Å². The van der Waals surface area contributed by atoms with Gasteiger partial charge in [-0.2, -0.15) is 5.26 Å². The molecule has 4 rings (SSSR count). The highest BCUT2D eigenvalue weighted by Gasteiger charge is 2.26. The van der Waals surface area contributed by atoms with E-state index >= 15 is 0 Å². The number of thiophene rings is 1. The van der Waals surface area contributed by atoms with Crippen molar-refractivity contribution < 1.29 is 4.79 Å². The molecule has 0 aliphatic heterocycles. The smallest absolute Gasteiger partial charge is 0.235 e. The summed E-state index contributed by atoms with van der Waals surface area (Å²) in [5, 5.41) is 22.4. The minimum Gasteiger partial charge on any atom is -0.327 e. The van der Waals surface area contributed by atoms with Crippen LogP contribution < -0.4 is 5.32 Å². The van der Waals surface area contributed by atoms with Gasteiger partial charge in [0, 0.05) is 23.0 Å². The molecular weight excluding hydrogens is 416 g/mol. The number of nitrogens with one attached hydrogen (secondary N) is 2. The lowest BCUT2D eigenvalue weighted by atomic mass is 10.2. The fourth-order valence-electron chi connectivity index (χ4n) is 4.00. The highest BCUT2D eigenvalue weighted by Crippen LogP contribution is 2.37. The molecule has 0 unspecified atom stereocenters. The molecule has 3 heterocycles. The molecule has 1 aliphatic carbocycles. The van der Waals surface area contributed by atoms with Crippen molar-refractivity contribution in [3.63, 3.8) is 0 Å². The number of carbonyl (C=O) groups excluding carboxylic acids is 1. The number of hydrogen-bond acceptors (Lipinski definition) is 6. The summed E-state index contributed by atoms with van der Waals surface area (Å²) < 4.78 is 2.16. The minimum absolute atomic E-state index is 0.155. The first-order valence-electron chi connectivity index (χ1n) is 10.0. The second-order valence-corrected chi connectivity index (χ2v) is 9.49. The minimum atomic E-state index is -0.155.